The summed E-state index contributed by atoms with van der Waals surface area (Å²) in [7, 11) is 0. The Morgan fingerprint density at radius 3 is 3.00 bits per heavy atom. The zero-order chi connectivity index (χ0) is 11.8. The zero-order valence-corrected chi connectivity index (χ0v) is 10.5. The SMILES string of the molecule is CC[C@H](Cl)C(=O)N1C[C@@H]2CCC[C@@]2(CO)C1. The largest absolute Gasteiger partial charge is 0.396 e. The highest BCUT2D eigenvalue weighted by Gasteiger charge is 2.50. The molecule has 0 aromatic rings. The molecule has 0 aromatic carbocycles. The van der Waals surface area contributed by atoms with Gasteiger partial charge in [-0.1, -0.05) is 13.3 Å². The Morgan fingerprint density at radius 1 is 1.69 bits per heavy atom. The fraction of sp³-hybridized carbons (Fsp3) is 0.917. The Bertz CT molecular complexity index is 284. The van der Waals surface area contributed by atoms with E-state index in [1.54, 1.807) is 0 Å². The fourth-order valence-corrected chi connectivity index (χ4v) is 3.35. The number of aliphatic hydroxyl groups is 1. The van der Waals surface area contributed by atoms with E-state index < -0.39 is 5.38 Å². The van der Waals surface area contributed by atoms with Crippen LogP contribution < -0.4 is 0 Å². The van der Waals surface area contributed by atoms with Crippen molar-refractivity contribution in [1.29, 1.82) is 0 Å². The molecule has 16 heavy (non-hydrogen) atoms. The summed E-state index contributed by atoms with van der Waals surface area (Å²) in [5, 5.41) is 9.16. The Balaban J connectivity index is 2.05. The highest BCUT2D eigenvalue weighted by Crippen LogP contribution is 2.48. The molecule has 3 atom stereocenters. The molecule has 0 unspecified atom stereocenters. The van der Waals surface area contributed by atoms with Crippen molar-refractivity contribution >= 4 is 17.5 Å². The minimum Gasteiger partial charge on any atom is -0.396 e. The molecule has 1 aliphatic carbocycles. The van der Waals surface area contributed by atoms with Crippen molar-refractivity contribution in [2.45, 2.75) is 38.0 Å². The molecule has 0 bridgehead atoms. The molecule has 2 rings (SSSR count). The first-order valence-corrected chi connectivity index (χ1v) is 6.60. The quantitative estimate of drug-likeness (QED) is 0.768. The third kappa shape index (κ3) is 1.84. The van der Waals surface area contributed by atoms with Crippen molar-refractivity contribution in [3.8, 4) is 0 Å². The van der Waals surface area contributed by atoms with E-state index in [4.69, 9.17) is 11.6 Å². The molecule has 3 nitrogen and oxygen atoms in total. The summed E-state index contributed by atoms with van der Waals surface area (Å²) in [6.45, 7) is 3.63. The van der Waals surface area contributed by atoms with Gasteiger partial charge in [-0.2, -0.15) is 0 Å². The van der Waals surface area contributed by atoms with Crippen LogP contribution in [0.25, 0.3) is 0 Å². The molecule has 1 saturated carbocycles. The van der Waals surface area contributed by atoms with E-state index in [0.717, 1.165) is 19.4 Å². The summed E-state index contributed by atoms with van der Waals surface area (Å²) in [6.07, 6.45) is 4.06. The molecule has 2 aliphatic rings. The summed E-state index contributed by atoms with van der Waals surface area (Å²) >= 11 is 5.99. The number of nitrogens with zero attached hydrogens (tertiary/aromatic N) is 1. The van der Waals surface area contributed by atoms with Crippen LogP contribution in [-0.4, -0.2) is 41.0 Å². The van der Waals surface area contributed by atoms with Gasteiger partial charge in [-0.05, 0) is 25.2 Å². The van der Waals surface area contributed by atoms with Crippen molar-refractivity contribution in [3.05, 3.63) is 0 Å². The maximum atomic E-state index is 12.0. The van der Waals surface area contributed by atoms with Gasteiger partial charge in [0.25, 0.3) is 0 Å². The van der Waals surface area contributed by atoms with Crippen molar-refractivity contribution < 1.29 is 9.90 Å². The molecule has 2 fully saturated rings. The van der Waals surface area contributed by atoms with Gasteiger partial charge in [0.05, 0.1) is 6.61 Å². The van der Waals surface area contributed by atoms with E-state index in [0.29, 0.717) is 18.9 Å². The van der Waals surface area contributed by atoms with Gasteiger partial charge >= 0.3 is 0 Å². The van der Waals surface area contributed by atoms with Crippen molar-refractivity contribution in [2.24, 2.45) is 11.3 Å². The summed E-state index contributed by atoms with van der Waals surface area (Å²) in [5.41, 5.74) is -0.0139. The van der Waals surface area contributed by atoms with Gasteiger partial charge in [-0.15, -0.1) is 11.6 Å². The van der Waals surface area contributed by atoms with Crippen LogP contribution in [0.5, 0.6) is 0 Å². The minimum absolute atomic E-state index is 0.0139. The van der Waals surface area contributed by atoms with Crippen molar-refractivity contribution in [2.75, 3.05) is 19.7 Å². The van der Waals surface area contributed by atoms with E-state index in [1.807, 2.05) is 11.8 Å². The maximum Gasteiger partial charge on any atom is 0.240 e. The Morgan fingerprint density at radius 2 is 2.44 bits per heavy atom. The molecular weight excluding hydrogens is 226 g/mol. The number of amides is 1. The maximum absolute atomic E-state index is 12.0. The average Bonchev–Trinajstić information content (AvgIpc) is 2.83. The van der Waals surface area contributed by atoms with Crippen LogP contribution in [0.1, 0.15) is 32.6 Å². The van der Waals surface area contributed by atoms with E-state index in [2.05, 4.69) is 0 Å². The van der Waals surface area contributed by atoms with E-state index in [9.17, 15) is 9.90 Å². The van der Waals surface area contributed by atoms with Gasteiger partial charge in [0, 0.05) is 18.5 Å². The molecule has 1 N–H and O–H groups in total. The van der Waals surface area contributed by atoms with E-state index >= 15 is 0 Å². The average molecular weight is 246 g/mol. The van der Waals surface area contributed by atoms with Crippen LogP contribution in [0.3, 0.4) is 0 Å². The number of halogens is 1. The van der Waals surface area contributed by atoms with Gasteiger partial charge in [-0.3, -0.25) is 4.79 Å². The van der Waals surface area contributed by atoms with Gasteiger partial charge in [0.2, 0.25) is 5.91 Å². The molecule has 0 radical (unpaired) electrons. The molecule has 1 heterocycles. The predicted octanol–water partition coefficient (Wildman–Crippen LogP) is 1.62. The van der Waals surface area contributed by atoms with Crippen molar-refractivity contribution in [1.82, 2.24) is 4.90 Å². The molecule has 0 aromatic heterocycles. The lowest BCUT2D eigenvalue weighted by Gasteiger charge is -2.26. The van der Waals surface area contributed by atoms with Crippen LogP contribution in [-0.2, 0) is 4.79 Å². The number of aliphatic hydroxyl groups excluding tert-OH is 1. The Kier molecular flexibility index (Phi) is 3.45. The lowest BCUT2D eigenvalue weighted by molar-refractivity contribution is -0.130. The summed E-state index contributed by atoms with van der Waals surface area (Å²) in [5.74, 6) is 0.536. The van der Waals surface area contributed by atoms with Crippen molar-refractivity contribution in [3.63, 3.8) is 0 Å². The first-order valence-electron chi connectivity index (χ1n) is 6.16. The third-order valence-corrected chi connectivity index (χ3v) is 4.79. The van der Waals surface area contributed by atoms with Crippen LogP contribution >= 0.6 is 11.6 Å². The Labute approximate surface area is 102 Å². The Hall–Kier alpha value is -0.280. The fourth-order valence-electron chi connectivity index (χ4n) is 3.21. The van der Waals surface area contributed by atoms with Gasteiger partial charge in [0.1, 0.15) is 5.38 Å². The number of carbonyl (C=O) groups is 1. The minimum atomic E-state index is -0.394. The predicted molar refractivity (Wildman–Crippen MR) is 63.4 cm³/mol. The monoisotopic (exact) mass is 245 g/mol. The molecule has 0 spiro atoms. The summed E-state index contributed by atoms with van der Waals surface area (Å²) in [4.78, 5) is 13.8. The van der Waals surface area contributed by atoms with Gasteiger partial charge in [-0.25, -0.2) is 0 Å². The second-order valence-corrected chi connectivity index (χ2v) is 5.73. The first-order chi connectivity index (χ1) is 7.63. The third-order valence-electron chi connectivity index (χ3n) is 4.29. The standard InChI is InChI=1S/C12H20ClNO2/c1-2-10(13)11(16)14-6-9-4-3-5-12(9,7-14)8-15/h9-10,15H,2-8H2,1H3/t9-,10-,12-/m0/s1. The lowest BCUT2D eigenvalue weighted by Crippen LogP contribution is -2.37. The highest BCUT2D eigenvalue weighted by atomic mass is 35.5. The second kappa shape index (κ2) is 4.53. The number of rotatable bonds is 3. The zero-order valence-electron chi connectivity index (χ0n) is 9.79. The van der Waals surface area contributed by atoms with E-state index in [-0.39, 0.29) is 17.9 Å². The number of hydrogen-bond donors (Lipinski definition) is 1. The molecule has 1 saturated heterocycles. The highest BCUT2D eigenvalue weighted by molar-refractivity contribution is 6.30. The van der Waals surface area contributed by atoms with Crippen LogP contribution in [0.15, 0.2) is 0 Å². The number of fused-ring (bicyclic) bond motifs is 1. The van der Waals surface area contributed by atoms with Crippen LogP contribution in [0.4, 0.5) is 0 Å². The number of hydrogen-bond acceptors (Lipinski definition) is 2. The lowest BCUT2D eigenvalue weighted by atomic mass is 9.82. The number of alkyl halides is 1. The molecule has 1 aliphatic heterocycles. The van der Waals surface area contributed by atoms with Gasteiger partial charge in [0.15, 0.2) is 0 Å². The smallest absolute Gasteiger partial charge is 0.240 e. The van der Waals surface area contributed by atoms with E-state index in [1.165, 1.54) is 6.42 Å². The van der Waals surface area contributed by atoms with Gasteiger partial charge < -0.3 is 10.0 Å². The number of carbonyl (C=O) groups excluding carboxylic acids is 1. The second-order valence-electron chi connectivity index (χ2n) is 5.20. The first kappa shape index (κ1) is 12.2. The van der Waals surface area contributed by atoms with Crippen LogP contribution in [0, 0.1) is 11.3 Å². The van der Waals surface area contributed by atoms with Crippen LogP contribution in [0.2, 0.25) is 0 Å². The molecular formula is C12H20ClNO2. The molecule has 4 heteroatoms. The normalized spacial score (nSPS) is 35.2. The topological polar surface area (TPSA) is 40.5 Å². The molecule has 1 amide bonds. The summed E-state index contributed by atoms with van der Waals surface area (Å²) < 4.78 is 0. The molecule has 92 valence electrons. The summed E-state index contributed by atoms with van der Waals surface area (Å²) in [6, 6.07) is 0. The number of likely N-dealkylation sites (tertiary alicyclic amines) is 1.